The Morgan fingerprint density at radius 3 is 2.36 bits per heavy atom. The summed E-state index contributed by atoms with van der Waals surface area (Å²) in [6.45, 7) is 4.06. The van der Waals surface area contributed by atoms with Gasteiger partial charge in [0, 0.05) is 6.04 Å². The Kier molecular flexibility index (Phi) is 5.00. The summed E-state index contributed by atoms with van der Waals surface area (Å²) in [4.78, 5) is 37.4. The van der Waals surface area contributed by atoms with Crippen LogP contribution in [0.2, 0.25) is 0 Å². The highest BCUT2D eigenvalue weighted by Crippen LogP contribution is 2.24. The molecule has 4 rings (SSSR count). The molecule has 2 aromatic heterocycles. The van der Waals surface area contributed by atoms with Crippen LogP contribution in [0.15, 0.2) is 63.3 Å². The lowest BCUT2D eigenvalue weighted by molar-refractivity contribution is 0.468. The van der Waals surface area contributed by atoms with Crippen LogP contribution in [0.1, 0.15) is 32.1 Å². The number of aromatic amines is 1. The number of para-hydroxylation sites is 2. The summed E-state index contributed by atoms with van der Waals surface area (Å²) < 4.78 is 1.74. The lowest BCUT2D eigenvalue weighted by Crippen LogP contribution is -2.26. The van der Waals surface area contributed by atoms with Gasteiger partial charge in [-0.05, 0) is 37.6 Å². The van der Waals surface area contributed by atoms with E-state index >= 15 is 0 Å². The molecule has 0 saturated carbocycles. The molecule has 0 aliphatic carbocycles. The van der Waals surface area contributed by atoms with Crippen molar-refractivity contribution in [1.29, 1.82) is 0 Å². The van der Waals surface area contributed by atoms with E-state index in [1.54, 1.807) is 16.7 Å². The lowest BCUT2D eigenvalue weighted by atomic mass is 10.2. The van der Waals surface area contributed by atoms with Crippen molar-refractivity contribution >= 4 is 33.6 Å². The summed E-state index contributed by atoms with van der Waals surface area (Å²) in [7, 11) is 0. The number of rotatable bonds is 5. The van der Waals surface area contributed by atoms with E-state index in [0.717, 1.165) is 6.42 Å². The van der Waals surface area contributed by atoms with Crippen molar-refractivity contribution in [3.05, 3.63) is 75.1 Å². The normalized spacial score (nSPS) is 12.5. The highest BCUT2D eigenvalue weighted by Gasteiger charge is 2.16. The summed E-state index contributed by atoms with van der Waals surface area (Å²) >= 11 is 1.41. The highest BCUT2D eigenvalue weighted by molar-refractivity contribution is 7.98. The molecule has 0 fully saturated rings. The van der Waals surface area contributed by atoms with Crippen LogP contribution in [0.3, 0.4) is 0 Å². The summed E-state index contributed by atoms with van der Waals surface area (Å²) in [5.41, 5.74) is 1.14. The molecule has 0 bridgehead atoms. The molecule has 0 amide bonds. The van der Waals surface area contributed by atoms with Crippen molar-refractivity contribution in [1.82, 2.24) is 19.5 Å². The van der Waals surface area contributed by atoms with Gasteiger partial charge in [0.1, 0.15) is 5.82 Å². The van der Waals surface area contributed by atoms with Gasteiger partial charge in [-0.2, -0.15) is 0 Å². The van der Waals surface area contributed by atoms with Crippen LogP contribution in [0, 0.1) is 0 Å². The fourth-order valence-electron chi connectivity index (χ4n) is 3.13. The van der Waals surface area contributed by atoms with Gasteiger partial charge in [0.25, 0.3) is 11.1 Å². The third-order valence-corrected chi connectivity index (χ3v) is 5.77. The minimum absolute atomic E-state index is 0.0238. The number of H-pyrrole nitrogens is 1. The van der Waals surface area contributed by atoms with E-state index in [-0.39, 0.29) is 17.2 Å². The number of hydrogen-bond acceptors (Lipinski definition) is 5. The second kappa shape index (κ2) is 7.59. The van der Waals surface area contributed by atoms with Crippen molar-refractivity contribution < 1.29 is 0 Å². The van der Waals surface area contributed by atoms with Crippen molar-refractivity contribution in [3.63, 3.8) is 0 Å². The number of aromatic nitrogens is 4. The van der Waals surface area contributed by atoms with Crippen LogP contribution in [-0.4, -0.2) is 19.5 Å². The van der Waals surface area contributed by atoms with Crippen LogP contribution < -0.4 is 11.1 Å². The quantitative estimate of drug-likeness (QED) is 0.412. The Labute approximate surface area is 165 Å². The first-order valence-corrected chi connectivity index (χ1v) is 10.2. The van der Waals surface area contributed by atoms with Gasteiger partial charge in [-0.15, -0.1) is 0 Å². The Balaban J connectivity index is 1.75. The third kappa shape index (κ3) is 3.33. The van der Waals surface area contributed by atoms with E-state index in [1.807, 2.05) is 50.2 Å². The van der Waals surface area contributed by atoms with E-state index < -0.39 is 0 Å². The van der Waals surface area contributed by atoms with E-state index in [9.17, 15) is 9.59 Å². The summed E-state index contributed by atoms with van der Waals surface area (Å²) in [6.07, 6.45) is 0.818. The first-order valence-electron chi connectivity index (χ1n) is 9.20. The maximum absolute atomic E-state index is 13.0. The molecule has 28 heavy (non-hydrogen) atoms. The molecule has 1 N–H and O–H groups in total. The van der Waals surface area contributed by atoms with E-state index in [1.165, 1.54) is 11.8 Å². The molecule has 0 unspecified atom stereocenters. The minimum atomic E-state index is -0.160. The van der Waals surface area contributed by atoms with Gasteiger partial charge in [-0.3, -0.25) is 14.2 Å². The number of fused-ring (bicyclic) bond motifs is 2. The molecule has 0 aliphatic heterocycles. The fourth-order valence-corrected chi connectivity index (χ4v) is 4.10. The zero-order valence-corrected chi connectivity index (χ0v) is 16.5. The van der Waals surface area contributed by atoms with E-state index in [2.05, 4.69) is 9.97 Å². The Morgan fingerprint density at radius 2 is 1.64 bits per heavy atom. The average Bonchev–Trinajstić information content (AvgIpc) is 2.72. The first-order chi connectivity index (χ1) is 13.6. The van der Waals surface area contributed by atoms with E-state index in [0.29, 0.717) is 38.5 Å². The molecular weight excluding hydrogens is 372 g/mol. The molecule has 0 spiro atoms. The average molecular weight is 392 g/mol. The second-order valence-corrected chi connectivity index (χ2v) is 7.60. The largest absolute Gasteiger partial charge is 0.309 e. The number of hydrogen-bond donors (Lipinski definition) is 1. The molecule has 0 saturated heterocycles. The number of thioether (sulfide) groups is 1. The zero-order valence-electron chi connectivity index (χ0n) is 15.7. The molecular formula is C21H20N4O2S. The van der Waals surface area contributed by atoms with Gasteiger partial charge in [0.2, 0.25) is 0 Å². The predicted molar refractivity (Wildman–Crippen MR) is 113 cm³/mol. The molecule has 0 radical (unpaired) electrons. The van der Waals surface area contributed by atoms with E-state index in [4.69, 9.17) is 4.98 Å². The third-order valence-electron chi connectivity index (χ3n) is 4.81. The SMILES string of the molecule is CC[C@H](C)n1c(SCc2nc3ccccc3c(=O)[nH]2)nc2ccccc2c1=O. The topological polar surface area (TPSA) is 80.6 Å². The lowest BCUT2D eigenvalue weighted by Gasteiger charge is -2.18. The monoisotopic (exact) mass is 392 g/mol. The molecule has 7 heteroatoms. The van der Waals surface area contributed by atoms with Crippen molar-refractivity contribution in [3.8, 4) is 0 Å². The number of nitrogens with zero attached hydrogens (tertiary/aromatic N) is 3. The molecule has 4 aromatic rings. The van der Waals surface area contributed by atoms with Gasteiger partial charge < -0.3 is 4.98 Å². The Bertz CT molecular complexity index is 1280. The van der Waals surface area contributed by atoms with Crippen LogP contribution in [0.5, 0.6) is 0 Å². The fraction of sp³-hybridized carbons (Fsp3) is 0.238. The van der Waals surface area contributed by atoms with Gasteiger partial charge in [-0.25, -0.2) is 9.97 Å². The molecule has 2 heterocycles. The van der Waals surface area contributed by atoms with Crippen molar-refractivity contribution in [2.75, 3.05) is 0 Å². The zero-order chi connectivity index (χ0) is 19.7. The standard InChI is InChI=1S/C21H20N4O2S/c1-3-13(2)25-20(27)15-9-5-7-11-17(15)23-21(25)28-12-18-22-16-10-6-4-8-14(16)19(26)24-18/h4-11,13H,3,12H2,1-2H3,(H,22,24,26)/t13-/m0/s1. The van der Waals surface area contributed by atoms with Crippen LogP contribution in [0.25, 0.3) is 21.8 Å². The predicted octanol–water partition coefficient (Wildman–Crippen LogP) is 3.90. The van der Waals surface area contributed by atoms with Gasteiger partial charge in [0.05, 0.1) is 27.6 Å². The summed E-state index contributed by atoms with van der Waals surface area (Å²) in [5.74, 6) is 0.980. The maximum atomic E-state index is 13.0. The summed E-state index contributed by atoms with van der Waals surface area (Å²) in [6, 6.07) is 14.6. The van der Waals surface area contributed by atoms with Crippen LogP contribution >= 0.6 is 11.8 Å². The van der Waals surface area contributed by atoms with Crippen molar-refractivity contribution in [2.45, 2.75) is 37.2 Å². The van der Waals surface area contributed by atoms with Crippen LogP contribution in [0.4, 0.5) is 0 Å². The van der Waals surface area contributed by atoms with Gasteiger partial charge in [0.15, 0.2) is 5.16 Å². The number of benzene rings is 2. The molecule has 1 atom stereocenters. The Morgan fingerprint density at radius 1 is 1.00 bits per heavy atom. The number of nitrogens with one attached hydrogen (secondary N) is 1. The molecule has 6 nitrogen and oxygen atoms in total. The highest BCUT2D eigenvalue weighted by atomic mass is 32.2. The van der Waals surface area contributed by atoms with Gasteiger partial charge >= 0.3 is 0 Å². The second-order valence-electron chi connectivity index (χ2n) is 6.66. The smallest absolute Gasteiger partial charge is 0.262 e. The minimum Gasteiger partial charge on any atom is -0.309 e. The molecule has 142 valence electrons. The molecule has 2 aromatic carbocycles. The Hall–Kier alpha value is -2.93. The molecule has 0 aliphatic rings. The van der Waals surface area contributed by atoms with Crippen molar-refractivity contribution in [2.24, 2.45) is 0 Å². The summed E-state index contributed by atoms with van der Waals surface area (Å²) in [5, 5.41) is 1.81. The van der Waals surface area contributed by atoms with Gasteiger partial charge in [-0.1, -0.05) is 43.0 Å². The first kappa shape index (κ1) is 18.4. The maximum Gasteiger partial charge on any atom is 0.262 e. The van der Waals surface area contributed by atoms with Crippen LogP contribution in [-0.2, 0) is 5.75 Å².